The van der Waals surface area contributed by atoms with Gasteiger partial charge in [0.15, 0.2) is 6.10 Å². The van der Waals surface area contributed by atoms with E-state index < -0.39 is 72.3 Å². The number of phosphoric ester groups is 2. The monoisotopic (exact) mass is 919 g/mol. The largest absolute Gasteiger partial charge is 0.472 e. The topological polar surface area (TPSA) is 216 Å². The van der Waals surface area contributed by atoms with Gasteiger partial charge in [-0.3, -0.25) is 23.2 Å². The fourth-order valence-electron chi connectivity index (χ4n) is 5.72. The highest BCUT2D eigenvalue weighted by Gasteiger charge is 2.28. The molecule has 0 spiro atoms. The van der Waals surface area contributed by atoms with Crippen molar-refractivity contribution in [1.29, 1.82) is 0 Å². The van der Waals surface area contributed by atoms with Crippen LogP contribution < -0.4 is 0 Å². The van der Waals surface area contributed by atoms with Gasteiger partial charge in [-0.1, -0.05) is 151 Å². The first-order valence-electron chi connectivity index (χ1n) is 22.7. The molecule has 0 fully saturated rings. The van der Waals surface area contributed by atoms with Crippen molar-refractivity contribution in [3.63, 3.8) is 0 Å². The van der Waals surface area contributed by atoms with E-state index in [0.29, 0.717) is 6.42 Å². The van der Waals surface area contributed by atoms with Gasteiger partial charge in [-0.15, -0.1) is 0 Å². The molecule has 0 bridgehead atoms. The summed E-state index contributed by atoms with van der Waals surface area (Å²) >= 11 is 0. The maximum Gasteiger partial charge on any atom is 0.472 e. The van der Waals surface area contributed by atoms with Crippen LogP contribution in [0.5, 0.6) is 0 Å². The zero-order valence-corrected chi connectivity index (χ0v) is 39.3. The Kier molecular flexibility index (Phi) is 39.6. The molecule has 2 unspecified atom stereocenters. The quantitative estimate of drug-likeness (QED) is 0.0127. The van der Waals surface area contributed by atoms with Gasteiger partial charge in [0.1, 0.15) is 12.7 Å². The number of hydrogen-bond acceptors (Lipinski definition) is 11. The third-order valence-electron chi connectivity index (χ3n) is 9.17. The highest BCUT2D eigenvalue weighted by molar-refractivity contribution is 7.47. The minimum atomic E-state index is -4.89. The van der Waals surface area contributed by atoms with Crippen LogP contribution in [0, 0.1) is 0 Å². The van der Waals surface area contributed by atoms with Gasteiger partial charge in [-0.2, -0.15) is 0 Å². The van der Waals surface area contributed by atoms with E-state index in [1.807, 2.05) is 12.2 Å². The van der Waals surface area contributed by atoms with Gasteiger partial charge in [0.25, 0.3) is 0 Å². The molecule has 4 atom stereocenters. The SMILES string of the molecule is CC/C=C\C/C=C\C/C=C\C/C=C\C=C\C(O)CCCC(=O)O[C@H](COC(=O)CCCCCCCCC/C=C\CCCCCCCC)COP(=O)(O)OC[C@@H](O)COP(=O)(O)O. The zero-order chi connectivity index (χ0) is 46.0. The van der Waals surface area contributed by atoms with Crippen molar-refractivity contribution in [2.45, 2.75) is 180 Å². The van der Waals surface area contributed by atoms with Gasteiger partial charge in [-0.25, -0.2) is 9.13 Å². The van der Waals surface area contributed by atoms with Crippen molar-refractivity contribution in [2.24, 2.45) is 0 Å². The molecule has 0 aliphatic rings. The number of ether oxygens (including phenoxy) is 2. The number of carbonyl (C=O) groups excluding carboxylic acids is 2. The summed E-state index contributed by atoms with van der Waals surface area (Å²) < 4.78 is 47.7. The summed E-state index contributed by atoms with van der Waals surface area (Å²) in [5, 5.41) is 20.1. The molecule has 14 nitrogen and oxygen atoms in total. The van der Waals surface area contributed by atoms with E-state index in [1.54, 1.807) is 12.2 Å². The van der Waals surface area contributed by atoms with Gasteiger partial charge in [0, 0.05) is 12.8 Å². The summed E-state index contributed by atoms with van der Waals surface area (Å²) in [7, 11) is -9.76. The average Bonchev–Trinajstić information content (AvgIpc) is 3.22. The molecule has 0 radical (unpaired) electrons. The maximum atomic E-state index is 12.7. The molecular weight excluding hydrogens is 838 g/mol. The lowest BCUT2D eigenvalue weighted by Gasteiger charge is -2.20. The van der Waals surface area contributed by atoms with Crippen molar-refractivity contribution in [3.8, 4) is 0 Å². The molecule has 0 aliphatic heterocycles. The predicted octanol–water partition coefficient (Wildman–Crippen LogP) is 10.8. The molecule has 0 saturated carbocycles. The second-order valence-electron chi connectivity index (χ2n) is 15.1. The predicted molar refractivity (Wildman–Crippen MR) is 245 cm³/mol. The number of unbranched alkanes of at least 4 members (excludes halogenated alkanes) is 13. The lowest BCUT2D eigenvalue weighted by Crippen LogP contribution is -2.30. The maximum absolute atomic E-state index is 12.7. The Labute approximate surface area is 372 Å². The van der Waals surface area contributed by atoms with Gasteiger partial charge in [-0.05, 0) is 70.6 Å². The van der Waals surface area contributed by atoms with Gasteiger partial charge in [0.05, 0.1) is 25.9 Å². The van der Waals surface area contributed by atoms with E-state index in [-0.39, 0.29) is 25.7 Å². The Hall–Kier alpha value is -2.48. The Balaban J connectivity index is 4.69. The van der Waals surface area contributed by atoms with E-state index in [9.17, 15) is 33.8 Å². The van der Waals surface area contributed by atoms with Crippen LogP contribution in [0.25, 0.3) is 0 Å². The van der Waals surface area contributed by atoms with E-state index >= 15 is 0 Å². The molecule has 0 aromatic carbocycles. The van der Waals surface area contributed by atoms with E-state index in [4.69, 9.17) is 23.8 Å². The van der Waals surface area contributed by atoms with Crippen molar-refractivity contribution in [1.82, 2.24) is 0 Å². The minimum absolute atomic E-state index is 0.103. The molecular formula is C46H80O14P2. The first-order valence-corrected chi connectivity index (χ1v) is 25.8. The molecule has 0 amide bonds. The third-order valence-corrected chi connectivity index (χ3v) is 10.6. The number of allylic oxidation sites excluding steroid dienone is 11. The minimum Gasteiger partial charge on any atom is -0.462 e. The van der Waals surface area contributed by atoms with Gasteiger partial charge in [0.2, 0.25) is 0 Å². The van der Waals surface area contributed by atoms with Crippen molar-refractivity contribution in [2.75, 3.05) is 26.4 Å². The molecule has 358 valence electrons. The van der Waals surface area contributed by atoms with Crippen molar-refractivity contribution >= 4 is 27.6 Å². The Morgan fingerprint density at radius 2 is 1.06 bits per heavy atom. The smallest absolute Gasteiger partial charge is 0.462 e. The average molecular weight is 919 g/mol. The number of phosphoric acid groups is 2. The second-order valence-corrected chi connectivity index (χ2v) is 17.8. The number of hydrogen-bond donors (Lipinski definition) is 5. The van der Waals surface area contributed by atoms with Crippen LogP contribution in [0.1, 0.15) is 162 Å². The summed E-state index contributed by atoms with van der Waals surface area (Å²) in [6.45, 7) is 1.41. The Bertz CT molecular complexity index is 1390. The molecule has 16 heteroatoms. The molecule has 62 heavy (non-hydrogen) atoms. The second kappa shape index (κ2) is 41.2. The molecule has 0 rings (SSSR count). The zero-order valence-electron chi connectivity index (χ0n) is 37.6. The lowest BCUT2D eigenvalue weighted by atomic mass is 10.1. The van der Waals surface area contributed by atoms with Crippen LogP contribution in [0.15, 0.2) is 72.9 Å². The summed E-state index contributed by atoms with van der Waals surface area (Å²) in [6, 6.07) is 0. The number of carbonyl (C=O) groups is 2. The van der Waals surface area contributed by atoms with Crippen LogP contribution in [-0.2, 0) is 41.8 Å². The highest BCUT2D eigenvalue weighted by Crippen LogP contribution is 2.43. The fraction of sp³-hybridized carbons (Fsp3) is 0.696. The fourth-order valence-corrected chi connectivity index (χ4v) is 6.88. The van der Waals surface area contributed by atoms with Gasteiger partial charge >= 0.3 is 27.6 Å². The molecule has 0 heterocycles. The summed E-state index contributed by atoms with van der Waals surface area (Å²) in [5.74, 6) is -1.24. The first-order chi connectivity index (χ1) is 29.8. The summed E-state index contributed by atoms with van der Waals surface area (Å²) in [5.41, 5.74) is 0. The Morgan fingerprint density at radius 1 is 0.548 bits per heavy atom. The van der Waals surface area contributed by atoms with Crippen LogP contribution in [0.2, 0.25) is 0 Å². The molecule has 0 aromatic rings. The molecule has 0 aliphatic carbocycles. The number of esters is 2. The first kappa shape index (κ1) is 59.5. The van der Waals surface area contributed by atoms with Crippen molar-refractivity contribution in [3.05, 3.63) is 72.9 Å². The normalized spacial score (nSPS) is 15.1. The van der Waals surface area contributed by atoms with Gasteiger partial charge < -0.3 is 34.4 Å². The summed E-state index contributed by atoms with van der Waals surface area (Å²) in [4.78, 5) is 52.8. The van der Waals surface area contributed by atoms with Crippen LogP contribution in [0.4, 0.5) is 0 Å². The van der Waals surface area contributed by atoms with Crippen LogP contribution >= 0.6 is 15.6 Å². The highest BCUT2D eigenvalue weighted by atomic mass is 31.2. The van der Waals surface area contributed by atoms with Crippen molar-refractivity contribution < 1.29 is 66.7 Å². The molecule has 0 aromatic heterocycles. The summed E-state index contributed by atoms with van der Waals surface area (Å²) in [6.07, 6.45) is 42.1. The number of aliphatic hydroxyl groups excluding tert-OH is 2. The standard InChI is InChI=1S/C46H80O14P2/c1-3-5-7-9-11-13-15-17-18-19-20-22-24-26-28-30-32-36-45(49)56-40-44(41-59-62(54,55)58-39-43(48)38-57-61(51,52)53)60-46(50)37-33-35-42(47)34-31-29-27-25-23-21-16-14-12-10-8-6-4-2/h6,8,12,14,17-18,21,23,27,29,31,34,42-44,47-48H,3-5,7,9-11,13,15-16,19-20,22,24-26,28,30,32-33,35-41H2,1-2H3,(H,54,55)(H2,51,52,53)/b8-6-,14-12-,18-17-,23-21-,29-27-,34-31+/t42?,43-,44+/m0/s1. The molecule has 5 N–H and O–H groups in total. The van der Waals surface area contributed by atoms with Crippen LogP contribution in [0.3, 0.4) is 0 Å². The van der Waals surface area contributed by atoms with E-state index in [1.165, 1.54) is 57.8 Å². The van der Waals surface area contributed by atoms with E-state index in [2.05, 4.69) is 71.5 Å². The number of aliphatic hydroxyl groups is 2. The van der Waals surface area contributed by atoms with E-state index in [0.717, 1.165) is 57.8 Å². The van der Waals surface area contributed by atoms with Crippen LogP contribution in [-0.4, -0.2) is 81.6 Å². The third kappa shape index (κ3) is 44.1. The Morgan fingerprint density at radius 3 is 1.66 bits per heavy atom. The lowest BCUT2D eigenvalue weighted by molar-refractivity contribution is -0.161. The molecule has 0 saturated heterocycles. The number of rotatable bonds is 42.